The lowest BCUT2D eigenvalue weighted by Crippen LogP contribution is -2.19. The van der Waals surface area contributed by atoms with E-state index in [4.69, 9.17) is 4.42 Å². The van der Waals surface area contributed by atoms with E-state index >= 15 is 0 Å². The van der Waals surface area contributed by atoms with E-state index in [1.165, 1.54) is 6.20 Å². The van der Waals surface area contributed by atoms with Gasteiger partial charge >= 0.3 is 6.18 Å². The minimum absolute atomic E-state index is 0.0342. The molecular weight excluding hydrogens is 261 g/mol. The van der Waals surface area contributed by atoms with Gasteiger partial charge in [0, 0.05) is 6.42 Å². The van der Waals surface area contributed by atoms with Gasteiger partial charge in [-0.05, 0) is 12.5 Å². The SMILES string of the molecule is CC(C)CNCc1ncc(CCOCC(F)(F)F)o1. The molecule has 110 valence electrons. The summed E-state index contributed by atoms with van der Waals surface area (Å²) in [6, 6.07) is 0. The molecule has 0 aliphatic heterocycles. The fraction of sp³-hybridized carbons (Fsp3) is 0.750. The molecule has 19 heavy (non-hydrogen) atoms. The third-order valence-electron chi connectivity index (χ3n) is 2.19. The first-order chi connectivity index (χ1) is 8.87. The van der Waals surface area contributed by atoms with Crippen LogP contribution >= 0.6 is 0 Å². The molecule has 0 unspecified atom stereocenters. The zero-order chi connectivity index (χ0) is 14.3. The van der Waals surface area contributed by atoms with Gasteiger partial charge in [0.2, 0.25) is 5.89 Å². The van der Waals surface area contributed by atoms with Crippen molar-refractivity contribution in [1.29, 1.82) is 0 Å². The Labute approximate surface area is 110 Å². The minimum atomic E-state index is -4.28. The van der Waals surface area contributed by atoms with Crippen LogP contribution in [0.2, 0.25) is 0 Å². The van der Waals surface area contributed by atoms with Gasteiger partial charge in [-0.25, -0.2) is 4.98 Å². The van der Waals surface area contributed by atoms with Crippen LogP contribution in [0, 0.1) is 5.92 Å². The number of hydrogen-bond donors (Lipinski definition) is 1. The third-order valence-corrected chi connectivity index (χ3v) is 2.19. The number of aromatic nitrogens is 1. The largest absolute Gasteiger partial charge is 0.444 e. The Balaban J connectivity index is 2.19. The molecule has 0 bridgehead atoms. The summed E-state index contributed by atoms with van der Waals surface area (Å²) < 4.78 is 45.3. The summed E-state index contributed by atoms with van der Waals surface area (Å²) in [5.74, 6) is 1.60. The fourth-order valence-corrected chi connectivity index (χ4v) is 1.37. The van der Waals surface area contributed by atoms with Crippen LogP contribution in [0.15, 0.2) is 10.6 Å². The van der Waals surface area contributed by atoms with Gasteiger partial charge in [0.1, 0.15) is 12.4 Å². The number of hydrogen-bond acceptors (Lipinski definition) is 4. The van der Waals surface area contributed by atoms with Crippen molar-refractivity contribution in [2.24, 2.45) is 5.92 Å². The van der Waals surface area contributed by atoms with Crippen molar-refractivity contribution in [2.75, 3.05) is 19.8 Å². The lowest BCUT2D eigenvalue weighted by Gasteiger charge is -2.06. The Hall–Kier alpha value is -1.08. The van der Waals surface area contributed by atoms with Crippen LogP contribution in [0.25, 0.3) is 0 Å². The number of alkyl halides is 3. The highest BCUT2D eigenvalue weighted by Gasteiger charge is 2.27. The number of oxazole rings is 1. The monoisotopic (exact) mass is 280 g/mol. The Bertz CT molecular complexity index is 364. The molecule has 0 aliphatic carbocycles. The molecular formula is C12H19F3N2O2. The second kappa shape index (κ2) is 7.49. The first kappa shape index (κ1) is 16.0. The molecule has 0 aliphatic rings. The summed E-state index contributed by atoms with van der Waals surface area (Å²) in [5.41, 5.74) is 0. The molecule has 1 aromatic heterocycles. The first-order valence-electron chi connectivity index (χ1n) is 6.15. The highest BCUT2D eigenvalue weighted by atomic mass is 19.4. The quantitative estimate of drug-likeness (QED) is 0.743. The summed E-state index contributed by atoms with van der Waals surface area (Å²) in [5, 5.41) is 3.17. The first-order valence-corrected chi connectivity index (χ1v) is 6.15. The van der Waals surface area contributed by atoms with Gasteiger partial charge < -0.3 is 14.5 Å². The molecule has 7 heteroatoms. The van der Waals surface area contributed by atoms with Crippen molar-refractivity contribution in [3.63, 3.8) is 0 Å². The zero-order valence-electron chi connectivity index (χ0n) is 11.1. The van der Waals surface area contributed by atoms with Crippen molar-refractivity contribution in [3.05, 3.63) is 17.8 Å². The van der Waals surface area contributed by atoms with E-state index in [9.17, 15) is 13.2 Å². The Morgan fingerprint density at radius 1 is 1.42 bits per heavy atom. The Morgan fingerprint density at radius 3 is 2.79 bits per heavy atom. The average Bonchev–Trinajstić information content (AvgIpc) is 2.71. The van der Waals surface area contributed by atoms with E-state index in [-0.39, 0.29) is 13.0 Å². The molecule has 1 aromatic rings. The van der Waals surface area contributed by atoms with Crippen LogP contribution < -0.4 is 5.32 Å². The van der Waals surface area contributed by atoms with Gasteiger partial charge in [0.25, 0.3) is 0 Å². The van der Waals surface area contributed by atoms with Crippen molar-refractivity contribution in [1.82, 2.24) is 10.3 Å². The van der Waals surface area contributed by atoms with Crippen LogP contribution in [-0.4, -0.2) is 30.9 Å². The third kappa shape index (κ3) is 7.84. The molecule has 0 saturated carbocycles. The second-order valence-corrected chi connectivity index (χ2v) is 4.66. The summed E-state index contributed by atoms with van der Waals surface area (Å²) in [4.78, 5) is 4.03. The van der Waals surface area contributed by atoms with Gasteiger partial charge in [-0.3, -0.25) is 0 Å². The number of nitrogens with one attached hydrogen (secondary N) is 1. The fourth-order valence-electron chi connectivity index (χ4n) is 1.37. The smallest absolute Gasteiger partial charge is 0.411 e. The van der Waals surface area contributed by atoms with Crippen LogP contribution in [-0.2, 0) is 17.7 Å². The van der Waals surface area contributed by atoms with Crippen LogP contribution in [0.1, 0.15) is 25.5 Å². The maximum absolute atomic E-state index is 11.8. The molecule has 4 nitrogen and oxygen atoms in total. The van der Waals surface area contributed by atoms with Gasteiger partial charge in [-0.2, -0.15) is 13.2 Å². The van der Waals surface area contributed by atoms with E-state index in [0.29, 0.717) is 24.1 Å². The molecule has 0 atom stereocenters. The maximum atomic E-state index is 11.8. The molecule has 1 rings (SSSR count). The minimum Gasteiger partial charge on any atom is -0.444 e. The second-order valence-electron chi connectivity index (χ2n) is 4.66. The molecule has 0 fully saturated rings. The molecule has 0 spiro atoms. The van der Waals surface area contributed by atoms with Crippen LogP contribution in [0.4, 0.5) is 13.2 Å². The van der Waals surface area contributed by atoms with Crippen molar-refractivity contribution >= 4 is 0 Å². The number of halogens is 3. The predicted molar refractivity (Wildman–Crippen MR) is 63.6 cm³/mol. The summed E-state index contributed by atoms with van der Waals surface area (Å²) in [6.07, 6.45) is -2.48. The van der Waals surface area contributed by atoms with Gasteiger partial charge in [-0.15, -0.1) is 0 Å². The molecule has 0 radical (unpaired) electrons. The highest BCUT2D eigenvalue weighted by Crippen LogP contribution is 2.14. The summed E-state index contributed by atoms with van der Waals surface area (Å²) >= 11 is 0. The topological polar surface area (TPSA) is 47.3 Å². The van der Waals surface area contributed by atoms with E-state index in [2.05, 4.69) is 28.9 Å². The van der Waals surface area contributed by atoms with Crippen molar-refractivity contribution < 1.29 is 22.3 Å². The molecule has 0 amide bonds. The van der Waals surface area contributed by atoms with E-state index in [0.717, 1.165) is 6.54 Å². The predicted octanol–water partition coefficient (Wildman–Crippen LogP) is 2.54. The molecule has 1 heterocycles. The molecule has 0 aromatic carbocycles. The van der Waals surface area contributed by atoms with E-state index < -0.39 is 12.8 Å². The van der Waals surface area contributed by atoms with Crippen LogP contribution in [0.5, 0.6) is 0 Å². The highest BCUT2D eigenvalue weighted by molar-refractivity contribution is 4.94. The number of nitrogens with zero attached hydrogens (tertiary/aromatic N) is 1. The van der Waals surface area contributed by atoms with Crippen molar-refractivity contribution in [3.8, 4) is 0 Å². The van der Waals surface area contributed by atoms with Crippen molar-refractivity contribution in [2.45, 2.75) is 33.0 Å². The van der Waals surface area contributed by atoms with E-state index in [1.54, 1.807) is 0 Å². The van der Waals surface area contributed by atoms with Gasteiger partial charge in [0.15, 0.2) is 0 Å². The van der Waals surface area contributed by atoms with E-state index in [1.807, 2.05) is 0 Å². The lowest BCUT2D eigenvalue weighted by molar-refractivity contribution is -0.173. The standard InChI is InChI=1S/C12H19F3N2O2/c1-9(2)5-16-7-11-17-6-10(19-11)3-4-18-8-12(13,14)15/h6,9,16H,3-5,7-8H2,1-2H3. The number of rotatable bonds is 8. The van der Waals surface area contributed by atoms with Gasteiger partial charge in [0.05, 0.1) is 19.3 Å². The maximum Gasteiger partial charge on any atom is 0.411 e. The molecule has 0 saturated heterocycles. The molecule has 1 N–H and O–H groups in total. The van der Waals surface area contributed by atoms with Gasteiger partial charge in [-0.1, -0.05) is 13.8 Å². The zero-order valence-corrected chi connectivity index (χ0v) is 11.1. The Morgan fingerprint density at radius 2 is 2.16 bits per heavy atom. The summed E-state index contributed by atoms with van der Waals surface area (Å²) in [7, 11) is 0. The van der Waals surface area contributed by atoms with Crippen LogP contribution in [0.3, 0.4) is 0 Å². The normalized spacial score (nSPS) is 12.3. The number of ether oxygens (including phenoxy) is 1. The lowest BCUT2D eigenvalue weighted by atomic mass is 10.2. The average molecular weight is 280 g/mol. The Kier molecular flexibility index (Phi) is 6.30. The summed E-state index contributed by atoms with van der Waals surface area (Å²) in [6.45, 7) is 4.28.